The molecular formula is C31H19NO. The summed E-state index contributed by atoms with van der Waals surface area (Å²) in [6, 6.07) is 38.9. The van der Waals surface area contributed by atoms with Gasteiger partial charge in [0.15, 0.2) is 12.0 Å². The van der Waals surface area contributed by atoms with Crippen LogP contribution >= 0.6 is 0 Å². The van der Waals surface area contributed by atoms with Crippen LogP contribution in [0.3, 0.4) is 0 Å². The summed E-state index contributed by atoms with van der Waals surface area (Å²) in [6.07, 6.45) is 1.52. The first-order chi connectivity index (χ1) is 16.4. The molecule has 1 aromatic heterocycles. The third-order valence-electron chi connectivity index (χ3n) is 6.59. The summed E-state index contributed by atoms with van der Waals surface area (Å²) in [7, 11) is 0. The number of hydrogen-bond donors (Lipinski definition) is 0. The molecule has 1 heterocycles. The normalized spacial score (nSPS) is 11.6. The second kappa shape index (κ2) is 7.04. The molecule has 2 heteroatoms. The summed E-state index contributed by atoms with van der Waals surface area (Å²) in [5.41, 5.74) is 6.42. The molecular weight excluding hydrogens is 402 g/mol. The van der Waals surface area contributed by atoms with Gasteiger partial charge in [-0.15, -0.1) is 0 Å². The Hall–Kier alpha value is -4.43. The Morgan fingerprint density at radius 2 is 1.33 bits per heavy atom. The second-order valence-corrected chi connectivity index (χ2v) is 8.44. The van der Waals surface area contributed by atoms with Gasteiger partial charge in [-0.05, 0) is 67.2 Å². The van der Waals surface area contributed by atoms with Gasteiger partial charge in [0.25, 0.3) is 0 Å². The van der Waals surface area contributed by atoms with E-state index in [1.807, 2.05) is 12.1 Å². The van der Waals surface area contributed by atoms with Gasteiger partial charge in [-0.1, -0.05) is 91.0 Å². The number of rotatable bonds is 2. The summed E-state index contributed by atoms with van der Waals surface area (Å²) in [5, 5.41) is 7.50. The molecule has 0 unspecified atom stereocenters. The maximum absolute atomic E-state index is 5.78. The van der Waals surface area contributed by atoms with E-state index in [-0.39, 0.29) is 0 Å². The van der Waals surface area contributed by atoms with Crippen molar-refractivity contribution in [3.63, 3.8) is 0 Å². The molecule has 0 amide bonds. The van der Waals surface area contributed by atoms with Crippen LogP contribution in [0, 0.1) is 0 Å². The largest absolute Gasteiger partial charge is 0.443 e. The average molecular weight is 421 g/mol. The lowest BCUT2D eigenvalue weighted by atomic mass is 9.90. The van der Waals surface area contributed by atoms with Crippen molar-refractivity contribution in [3.8, 4) is 22.3 Å². The highest BCUT2D eigenvalue weighted by atomic mass is 16.3. The van der Waals surface area contributed by atoms with Gasteiger partial charge >= 0.3 is 0 Å². The minimum absolute atomic E-state index is 0.829. The van der Waals surface area contributed by atoms with Crippen molar-refractivity contribution < 1.29 is 4.42 Å². The lowest BCUT2D eigenvalue weighted by molar-refractivity contribution is 0.603. The minimum Gasteiger partial charge on any atom is -0.443 e. The SMILES string of the molecule is c1ccc(-c2ccc3c(ccc4cc(-c5cccc6ncoc56)c5ccccc5c43)c2)cc1. The summed E-state index contributed by atoms with van der Waals surface area (Å²) < 4.78 is 5.78. The molecule has 0 N–H and O–H groups in total. The number of aromatic nitrogens is 1. The Balaban J connectivity index is 1.55. The maximum atomic E-state index is 5.78. The van der Waals surface area contributed by atoms with Crippen molar-refractivity contribution >= 4 is 43.4 Å². The molecule has 0 fully saturated rings. The van der Waals surface area contributed by atoms with Gasteiger partial charge in [0.2, 0.25) is 0 Å². The fourth-order valence-electron chi connectivity index (χ4n) is 5.07. The number of para-hydroxylation sites is 1. The van der Waals surface area contributed by atoms with E-state index in [4.69, 9.17) is 4.42 Å². The molecule has 0 saturated carbocycles. The van der Waals surface area contributed by atoms with E-state index in [1.54, 1.807) is 0 Å². The van der Waals surface area contributed by atoms with Crippen LogP contribution in [-0.4, -0.2) is 4.98 Å². The number of nitrogens with zero attached hydrogens (tertiary/aromatic N) is 1. The number of hydrogen-bond acceptors (Lipinski definition) is 2. The Morgan fingerprint density at radius 3 is 2.24 bits per heavy atom. The molecule has 0 radical (unpaired) electrons. The molecule has 154 valence electrons. The Morgan fingerprint density at radius 1 is 0.515 bits per heavy atom. The molecule has 0 atom stereocenters. The van der Waals surface area contributed by atoms with Crippen LogP contribution in [0.2, 0.25) is 0 Å². The first kappa shape index (κ1) is 18.2. The highest BCUT2D eigenvalue weighted by molar-refractivity contribution is 6.24. The van der Waals surface area contributed by atoms with Crippen molar-refractivity contribution in [2.75, 3.05) is 0 Å². The Labute approximate surface area is 190 Å². The molecule has 6 aromatic carbocycles. The lowest BCUT2D eigenvalue weighted by Gasteiger charge is -2.14. The van der Waals surface area contributed by atoms with Gasteiger partial charge in [0, 0.05) is 5.56 Å². The van der Waals surface area contributed by atoms with Gasteiger partial charge < -0.3 is 4.42 Å². The summed E-state index contributed by atoms with van der Waals surface area (Å²) in [6.45, 7) is 0. The first-order valence-electron chi connectivity index (χ1n) is 11.1. The second-order valence-electron chi connectivity index (χ2n) is 8.44. The number of fused-ring (bicyclic) bond motifs is 6. The predicted octanol–water partition coefficient (Wildman–Crippen LogP) is 8.62. The van der Waals surface area contributed by atoms with Crippen molar-refractivity contribution in [2.24, 2.45) is 0 Å². The average Bonchev–Trinajstić information content (AvgIpc) is 3.37. The molecule has 0 aliphatic heterocycles. The van der Waals surface area contributed by atoms with Gasteiger partial charge in [-0.2, -0.15) is 0 Å². The van der Waals surface area contributed by atoms with Crippen molar-refractivity contribution in [1.82, 2.24) is 4.98 Å². The minimum atomic E-state index is 0.829. The Kier molecular flexibility index (Phi) is 3.88. The summed E-state index contributed by atoms with van der Waals surface area (Å²) in [5.74, 6) is 0. The molecule has 0 bridgehead atoms. The lowest BCUT2D eigenvalue weighted by Crippen LogP contribution is -1.87. The smallest absolute Gasteiger partial charge is 0.182 e. The molecule has 0 spiro atoms. The van der Waals surface area contributed by atoms with E-state index in [2.05, 4.69) is 102 Å². The first-order valence-corrected chi connectivity index (χ1v) is 11.1. The monoisotopic (exact) mass is 421 g/mol. The van der Waals surface area contributed by atoms with E-state index >= 15 is 0 Å². The van der Waals surface area contributed by atoms with Crippen LogP contribution in [0.4, 0.5) is 0 Å². The van der Waals surface area contributed by atoms with Crippen LogP contribution in [0.1, 0.15) is 0 Å². The molecule has 2 nitrogen and oxygen atoms in total. The highest BCUT2D eigenvalue weighted by Crippen LogP contribution is 2.40. The van der Waals surface area contributed by atoms with Crippen LogP contribution < -0.4 is 0 Å². The Bertz CT molecular complexity index is 1810. The highest BCUT2D eigenvalue weighted by Gasteiger charge is 2.14. The van der Waals surface area contributed by atoms with Crippen LogP contribution in [0.25, 0.3) is 65.7 Å². The van der Waals surface area contributed by atoms with E-state index in [0.717, 1.165) is 16.7 Å². The fraction of sp³-hybridized carbons (Fsp3) is 0. The third kappa shape index (κ3) is 2.78. The van der Waals surface area contributed by atoms with E-state index < -0.39 is 0 Å². The fourth-order valence-corrected chi connectivity index (χ4v) is 5.07. The molecule has 0 aliphatic carbocycles. The molecule has 7 aromatic rings. The zero-order valence-electron chi connectivity index (χ0n) is 17.8. The topological polar surface area (TPSA) is 26.0 Å². The zero-order chi connectivity index (χ0) is 21.8. The maximum Gasteiger partial charge on any atom is 0.182 e. The van der Waals surface area contributed by atoms with Crippen molar-refractivity contribution in [3.05, 3.63) is 116 Å². The number of benzene rings is 6. The van der Waals surface area contributed by atoms with Crippen LogP contribution in [0.5, 0.6) is 0 Å². The molecule has 7 rings (SSSR count). The predicted molar refractivity (Wildman–Crippen MR) is 137 cm³/mol. The van der Waals surface area contributed by atoms with Gasteiger partial charge in [-0.25, -0.2) is 4.98 Å². The quantitative estimate of drug-likeness (QED) is 0.261. The molecule has 0 aliphatic rings. The molecule has 0 saturated heterocycles. The van der Waals surface area contributed by atoms with E-state index in [0.29, 0.717) is 0 Å². The van der Waals surface area contributed by atoms with Crippen molar-refractivity contribution in [1.29, 1.82) is 0 Å². The summed E-state index contributed by atoms with van der Waals surface area (Å²) >= 11 is 0. The standard InChI is InChI=1S/C31H19NO/c1-2-7-20(8-3-1)21-15-16-24-22(17-21)13-14-23-18-28(25-9-4-5-10-26(25)30(23)24)27-11-6-12-29-31(27)33-19-32-29/h1-19H. The molecule has 33 heavy (non-hydrogen) atoms. The van der Waals surface area contributed by atoms with Gasteiger partial charge in [-0.3, -0.25) is 0 Å². The zero-order valence-corrected chi connectivity index (χ0v) is 17.8. The van der Waals surface area contributed by atoms with E-state index in [9.17, 15) is 0 Å². The third-order valence-corrected chi connectivity index (χ3v) is 6.59. The van der Waals surface area contributed by atoms with Crippen molar-refractivity contribution in [2.45, 2.75) is 0 Å². The van der Waals surface area contributed by atoms with Crippen LogP contribution in [-0.2, 0) is 0 Å². The van der Waals surface area contributed by atoms with Crippen LogP contribution in [0.15, 0.2) is 120 Å². The van der Waals surface area contributed by atoms with Gasteiger partial charge in [0.1, 0.15) is 5.52 Å². The number of oxazole rings is 1. The summed E-state index contributed by atoms with van der Waals surface area (Å²) in [4.78, 5) is 4.35. The van der Waals surface area contributed by atoms with Gasteiger partial charge in [0.05, 0.1) is 0 Å². The van der Waals surface area contributed by atoms with E-state index in [1.165, 1.54) is 55.4 Å².